The normalized spacial score (nSPS) is 22.2. The monoisotopic (exact) mass is 364 g/mol. The lowest BCUT2D eigenvalue weighted by atomic mass is 9.91. The van der Waals surface area contributed by atoms with E-state index in [2.05, 4.69) is 23.6 Å². The van der Waals surface area contributed by atoms with Gasteiger partial charge in [-0.05, 0) is 24.3 Å². The van der Waals surface area contributed by atoms with E-state index in [0.29, 0.717) is 6.54 Å². The maximum atomic E-state index is 14.2. The Hall–Kier alpha value is -1.01. The van der Waals surface area contributed by atoms with Crippen LogP contribution in [-0.4, -0.2) is 68.4 Å². The molecule has 0 spiro atoms. The predicted molar refractivity (Wildman–Crippen MR) is 102 cm³/mol. The molecule has 1 aromatic rings. The van der Waals surface area contributed by atoms with Gasteiger partial charge in [0.25, 0.3) is 0 Å². The molecule has 3 rings (SSSR count). The molecule has 0 N–H and O–H groups in total. The van der Waals surface area contributed by atoms with Gasteiger partial charge in [-0.25, -0.2) is 4.39 Å². The highest BCUT2D eigenvalue weighted by atomic mass is 19.1. The van der Waals surface area contributed by atoms with Crippen molar-refractivity contribution in [1.29, 1.82) is 0 Å². The van der Waals surface area contributed by atoms with Crippen molar-refractivity contribution in [3.05, 3.63) is 35.6 Å². The fourth-order valence-electron chi connectivity index (χ4n) is 4.15. The Morgan fingerprint density at radius 2 is 1.96 bits per heavy atom. The fourth-order valence-corrected chi connectivity index (χ4v) is 4.15. The number of benzene rings is 1. The van der Waals surface area contributed by atoms with Gasteiger partial charge in [0, 0.05) is 51.4 Å². The molecule has 0 saturated carbocycles. The lowest BCUT2D eigenvalue weighted by Crippen LogP contribution is -2.47. The van der Waals surface area contributed by atoms with E-state index in [4.69, 9.17) is 9.47 Å². The lowest BCUT2D eigenvalue weighted by Gasteiger charge is -2.38. The van der Waals surface area contributed by atoms with Crippen molar-refractivity contribution in [3.8, 4) is 0 Å². The molecule has 0 amide bonds. The van der Waals surface area contributed by atoms with Crippen molar-refractivity contribution in [3.63, 3.8) is 0 Å². The standard InChI is InChI=1S/C21H33FN2O2/c1-21(2,16-23-9-12-25-13-10-23)17-24(15-19-7-5-11-26-19)14-18-6-3-4-8-20(18)22/h3-4,6,8,19H,5,7,9-17H2,1-2H3. The highest BCUT2D eigenvalue weighted by Crippen LogP contribution is 2.23. The van der Waals surface area contributed by atoms with E-state index in [0.717, 1.165) is 70.9 Å². The summed E-state index contributed by atoms with van der Waals surface area (Å²) >= 11 is 0. The first-order valence-corrected chi connectivity index (χ1v) is 9.89. The second kappa shape index (κ2) is 9.27. The molecule has 0 bridgehead atoms. The van der Waals surface area contributed by atoms with Crippen LogP contribution in [0.2, 0.25) is 0 Å². The molecule has 26 heavy (non-hydrogen) atoms. The third-order valence-corrected chi connectivity index (χ3v) is 5.24. The molecule has 0 aromatic heterocycles. The summed E-state index contributed by atoms with van der Waals surface area (Å²) in [5.74, 6) is -0.115. The molecule has 2 aliphatic rings. The molecular formula is C21H33FN2O2. The topological polar surface area (TPSA) is 24.9 Å². The number of nitrogens with zero attached hydrogens (tertiary/aromatic N) is 2. The molecular weight excluding hydrogens is 331 g/mol. The van der Waals surface area contributed by atoms with Gasteiger partial charge in [0.2, 0.25) is 0 Å². The van der Waals surface area contributed by atoms with Crippen molar-refractivity contribution in [2.75, 3.05) is 52.5 Å². The first kappa shape index (κ1) is 19.7. The maximum Gasteiger partial charge on any atom is 0.127 e. The number of ether oxygens (including phenoxy) is 2. The summed E-state index contributed by atoms with van der Waals surface area (Å²) in [5.41, 5.74) is 0.897. The third-order valence-electron chi connectivity index (χ3n) is 5.24. The van der Waals surface area contributed by atoms with E-state index in [1.807, 2.05) is 12.1 Å². The molecule has 2 heterocycles. The van der Waals surface area contributed by atoms with E-state index in [-0.39, 0.29) is 17.3 Å². The van der Waals surface area contributed by atoms with Gasteiger partial charge in [0.1, 0.15) is 5.82 Å². The minimum atomic E-state index is -0.115. The first-order valence-electron chi connectivity index (χ1n) is 9.89. The Labute approximate surface area is 157 Å². The van der Waals surface area contributed by atoms with Crippen molar-refractivity contribution in [2.24, 2.45) is 5.41 Å². The molecule has 1 aromatic carbocycles. The van der Waals surface area contributed by atoms with Crippen molar-refractivity contribution < 1.29 is 13.9 Å². The summed E-state index contributed by atoms with van der Waals surface area (Å²) in [6, 6.07) is 7.12. The van der Waals surface area contributed by atoms with Crippen LogP contribution < -0.4 is 0 Å². The van der Waals surface area contributed by atoms with Crippen molar-refractivity contribution in [2.45, 2.75) is 39.3 Å². The lowest BCUT2D eigenvalue weighted by molar-refractivity contribution is 0.00820. The molecule has 1 unspecified atom stereocenters. The molecule has 0 radical (unpaired) electrons. The number of hydrogen-bond acceptors (Lipinski definition) is 4. The van der Waals surface area contributed by atoms with Crippen LogP contribution in [0.4, 0.5) is 4.39 Å². The highest BCUT2D eigenvalue weighted by molar-refractivity contribution is 5.17. The second-order valence-corrected chi connectivity index (χ2v) is 8.45. The summed E-state index contributed by atoms with van der Waals surface area (Å²) in [4.78, 5) is 4.87. The summed E-state index contributed by atoms with van der Waals surface area (Å²) in [5, 5.41) is 0. The SMILES string of the molecule is CC(C)(CN1CCOCC1)CN(Cc1ccccc1F)CC1CCCO1. The molecule has 146 valence electrons. The molecule has 1 atom stereocenters. The van der Waals surface area contributed by atoms with Crippen LogP contribution in [0.25, 0.3) is 0 Å². The van der Waals surface area contributed by atoms with E-state index in [1.165, 1.54) is 0 Å². The fraction of sp³-hybridized carbons (Fsp3) is 0.714. The van der Waals surface area contributed by atoms with Gasteiger partial charge >= 0.3 is 0 Å². The zero-order valence-corrected chi connectivity index (χ0v) is 16.3. The average molecular weight is 365 g/mol. The van der Waals surface area contributed by atoms with E-state index < -0.39 is 0 Å². The Balaban J connectivity index is 1.64. The minimum Gasteiger partial charge on any atom is -0.379 e. The Bertz CT molecular complexity index is 555. The number of rotatable bonds is 8. The smallest absolute Gasteiger partial charge is 0.127 e. The van der Waals surface area contributed by atoms with Crippen molar-refractivity contribution in [1.82, 2.24) is 9.80 Å². The zero-order valence-electron chi connectivity index (χ0n) is 16.3. The van der Waals surface area contributed by atoms with E-state index in [9.17, 15) is 4.39 Å². The van der Waals surface area contributed by atoms with Crippen LogP contribution >= 0.6 is 0 Å². The number of hydrogen-bond donors (Lipinski definition) is 0. The molecule has 5 heteroatoms. The summed E-state index contributed by atoms with van der Waals surface area (Å²) < 4.78 is 25.5. The predicted octanol–water partition coefficient (Wildman–Crippen LogP) is 3.17. The van der Waals surface area contributed by atoms with Crippen LogP contribution in [0, 0.1) is 11.2 Å². The van der Waals surface area contributed by atoms with Gasteiger partial charge in [0.05, 0.1) is 19.3 Å². The van der Waals surface area contributed by atoms with Crippen LogP contribution in [0.1, 0.15) is 32.3 Å². The van der Waals surface area contributed by atoms with Crippen molar-refractivity contribution >= 4 is 0 Å². The molecule has 2 saturated heterocycles. The van der Waals surface area contributed by atoms with Crippen LogP contribution in [-0.2, 0) is 16.0 Å². The number of morpholine rings is 1. The highest BCUT2D eigenvalue weighted by Gasteiger charge is 2.28. The summed E-state index contributed by atoms with van der Waals surface area (Å²) in [6.45, 7) is 12.6. The Morgan fingerprint density at radius 1 is 1.19 bits per heavy atom. The zero-order chi connectivity index (χ0) is 18.4. The van der Waals surface area contributed by atoms with Crippen LogP contribution in [0.15, 0.2) is 24.3 Å². The molecule has 2 fully saturated rings. The molecule has 0 aliphatic carbocycles. The largest absolute Gasteiger partial charge is 0.379 e. The molecule has 4 nitrogen and oxygen atoms in total. The van der Waals surface area contributed by atoms with Gasteiger partial charge in [-0.1, -0.05) is 32.0 Å². The molecule has 2 aliphatic heterocycles. The quantitative estimate of drug-likeness (QED) is 0.707. The summed E-state index contributed by atoms with van der Waals surface area (Å²) in [7, 11) is 0. The minimum absolute atomic E-state index is 0.115. The summed E-state index contributed by atoms with van der Waals surface area (Å²) in [6.07, 6.45) is 2.52. The van der Waals surface area contributed by atoms with Gasteiger partial charge in [-0.3, -0.25) is 9.80 Å². The van der Waals surface area contributed by atoms with Crippen LogP contribution in [0.5, 0.6) is 0 Å². The van der Waals surface area contributed by atoms with E-state index >= 15 is 0 Å². The van der Waals surface area contributed by atoms with Gasteiger partial charge < -0.3 is 9.47 Å². The van der Waals surface area contributed by atoms with E-state index in [1.54, 1.807) is 12.1 Å². The first-order chi connectivity index (χ1) is 12.5. The Kier molecular flexibility index (Phi) is 7.04. The van der Waals surface area contributed by atoms with Crippen LogP contribution in [0.3, 0.4) is 0 Å². The third kappa shape index (κ3) is 6.02. The second-order valence-electron chi connectivity index (χ2n) is 8.45. The maximum absolute atomic E-state index is 14.2. The van der Waals surface area contributed by atoms with Gasteiger partial charge in [0.15, 0.2) is 0 Å². The van der Waals surface area contributed by atoms with Gasteiger partial charge in [-0.2, -0.15) is 0 Å². The number of halogens is 1. The average Bonchev–Trinajstić information content (AvgIpc) is 3.10. The Morgan fingerprint density at radius 3 is 2.65 bits per heavy atom. The van der Waals surface area contributed by atoms with Gasteiger partial charge in [-0.15, -0.1) is 0 Å².